The van der Waals surface area contributed by atoms with E-state index in [0.29, 0.717) is 17.4 Å². The minimum atomic E-state index is -0.560. The lowest BCUT2D eigenvalue weighted by molar-refractivity contribution is 0.191. The number of halogens is 1. The van der Waals surface area contributed by atoms with E-state index in [4.69, 9.17) is 0 Å². The van der Waals surface area contributed by atoms with Crippen LogP contribution >= 0.6 is 0 Å². The van der Waals surface area contributed by atoms with Crippen molar-refractivity contribution in [3.05, 3.63) is 0 Å². The second-order valence-corrected chi connectivity index (χ2v) is 6.86. The van der Waals surface area contributed by atoms with Crippen molar-refractivity contribution in [3.8, 4) is 0 Å². The molecular formula is C13H24FN. The monoisotopic (exact) mass is 213 g/mol. The van der Waals surface area contributed by atoms with Gasteiger partial charge in [0.15, 0.2) is 0 Å². The third-order valence-electron chi connectivity index (χ3n) is 3.64. The first-order chi connectivity index (χ1) is 6.89. The summed E-state index contributed by atoms with van der Waals surface area (Å²) in [6.07, 6.45) is 4.21. The van der Waals surface area contributed by atoms with Gasteiger partial charge in [0.25, 0.3) is 0 Å². The first kappa shape index (κ1) is 11.4. The number of hydrogen-bond donors (Lipinski definition) is 0. The van der Waals surface area contributed by atoms with Crippen LogP contribution in [0.3, 0.4) is 0 Å². The van der Waals surface area contributed by atoms with E-state index < -0.39 is 6.17 Å². The van der Waals surface area contributed by atoms with E-state index >= 15 is 0 Å². The molecule has 88 valence electrons. The van der Waals surface area contributed by atoms with Gasteiger partial charge >= 0.3 is 0 Å². The Hall–Kier alpha value is -0.110. The van der Waals surface area contributed by atoms with Gasteiger partial charge in [-0.15, -0.1) is 0 Å². The fourth-order valence-corrected chi connectivity index (χ4v) is 3.10. The van der Waals surface area contributed by atoms with Gasteiger partial charge in [0.1, 0.15) is 6.17 Å². The Morgan fingerprint density at radius 2 is 2.00 bits per heavy atom. The highest BCUT2D eigenvalue weighted by molar-refractivity contribution is 4.99. The van der Waals surface area contributed by atoms with E-state index in [9.17, 15) is 4.39 Å². The Morgan fingerprint density at radius 1 is 1.33 bits per heavy atom. The maximum absolute atomic E-state index is 13.1. The molecule has 2 rings (SSSR count). The van der Waals surface area contributed by atoms with E-state index in [0.717, 1.165) is 19.5 Å². The van der Waals surface area contributed by atoms with Crippen LogP contribution in [0.4, 0.5) is 4.39 Å². The molecule has 1 saturated heterocycles. The molecule has 1 atom stereocenters. The molecule has 2 heteroatoms. The van der Waals surface area contributed by atoms with Crippen LogP contribution in [0.15, 0.2) is 0 Å². The highest BCUT2D eigenvalue weighted by atomic mass is 19.1. The van der Waals surface area contributed by atoms with Crippen molar-refractivity contribution in [1.29, 1.82) is 0 Å². The van der Waals surface area contributed by atoms with Crippen LogP contribution in [0.2, 0.25) is 0 Å². The Kier molecular flexibility index (Phi) is 2.83. The number of nitrogens with zero attached hydrogens (tertiary/aromatic N) is 1. The normalized spacial score (nSPS) is 30.8. The van der Waals surface area contributed by atoms with Crippen molar-refractivity contribution in [3.63, 3.8) is 0 Å². The van der Waals surface area contributed by atoms with Crippen LogP contribution in [0.1, 0.15) is 46.5 Å². The maximum atomic E-state index is 13.1. The van der Waals surface area contributed by atoms with Crippen molar-refractivity contribution in [2.75, 3.05) is 19.6 Å². The third-order valence-corrected chi connectivity index (χ3v) is 3.64. The molecular weight excluding hydrogens is 189 g/mol. The number of likely N-dealkylation sites (tertiary alicyclic amines) is 1. The summed E-state index contributed by atoms with van der Waals surface area (Å²) in [5.74, 6) is 0. The van der Waals surface area contributed by atoms with Crippen molar-refractivity contribution < 1.29 is 4.39 Å². The maximum Gasteiger partial charge on any atom is 0.114 e. The first-order valence-corrected chi connectivity index (χ1v) is 6.25. The summed E-state index contributed by atoms with van der Waals surface area (Å²) < 4.78 is 13.1. The molecule has 0 aromatic heterocycles. The van der Waals surface area contributed by atoms with Crippen LogP contribution < -0.4 is 0 Å². The zero-order valence-corrected chi connectivity index (χ0v) is 10.4. The van der Waals surface area contributed by atoms with Gasteiger partial charge in [-0.25, -0.2) is 4.39 Å². The molecule has 2 fully saturated rings. The second-order valence-electron chi connectivity index (χ2n) is 6.86. The fourth-order valence-electron chi connectivity index (χ4n) is 3.10. The standard InChI is InChI=1S/C13H24FN/c1-12(2,3)9-13(5-6-13)10-15-7-4-11(14)8-15/h11H,4-10H2,1-3H3. The minimum absolute atomic E-state index is 0.422. The quantitative estimate of drug-likeness (QED) is 0.695. The number of alkyl halides is 1. The molecule has 0 aromatic carbocycles. The summed E-state index contributed by atoms with van der Waals surface area (Å²) in [7, 11) is 0. The van der Waals surface area contributed by atoms with E-state index in [1.54, 1.807) is 0 Å². The summed E-state index contributed by atoms with van der Waals surface area (Å²) >= 11 is 0. The molecule has 0 bridgehead atoms. The van der Waals surface area contributed by atoms with Gasteiger partial charge < -0.3 is 0 Å². The number of hydrogen-bond acceptors (Lipinski definition) is 1. The van der Waals surface area contributed by atoms with E-state index in [1.165, 1.54) is 19.3 Å². The highest BCUT2D eigenvalue weighted by Gasteiger charge is 2.46. The topological polar surface area (TPSA) is 3.24 Å². The van der Waals surface area contributed by atoms with E-state index in [1.807, 2.05) is 0 Å². The summed E-state index contributed by atoms with van der Waals surface area (Å²) in [6.45, 7) is 9.75. The third kappa shape index (κ3) is 3.17. The van der Waals surface area contributed by atoms with Crippen molar-refractivity contribution in [1.82, 2.24) is 4.90 Å². The lowest BCUT2D eigenvalue weighted by atomic mass is 9.82. The van der Waals surface area contributed by atoms with Crippen LogP contribution in [0, 0.1) is 10.8 Å². The zero-order chi connectivity index (χ0) is 11.1. The molecule has 1 saturated carbocycles. The van der Waals surface area contributed by atoms with Gasteiger partial charge in [-0.2, -0.15) is 0 Å². The summed E-state index contributed by atoms with van der Waals surface area (Å²) in [5, 5.41) is 0. The molecule has 0 radical (unpaired) electrons. The first-order valence-electron chi connectivity index (χ1n) is 6.25. The van der Waals surface area contributed by atoms with Crippen LogP contribution in [0.5, 0.6) is 0 Å². The van der Waals surface area contributed by atoms with Crippen LogP contribution in [-0.2, 0) is 0 Å². The zero-order valence-electron chi connectivity index (χ0n) is 10.4. The molecule has 1 unspecified atom stereocenters. The van der Waals surface area contributed by atoms with Crippen LogP contribution in [-0.4, -0.2) is 30.7 Å². The van der Waals surface area contributed by atoms with Gasteiger partial charge in [-0.05, 0) is 36.5 Å². The molecule has 2 aliphatic rings. The van der Waals surface area contributed by atoms with E-state index in [2.05, 4.69) is 25.7 Å². The Bertz CT molecular complexity index is 227. The summed E-state index contributed by atoms with van der Waals surface area (Å²) in [5.41, 5.74) is 0.966. The molecule has 1 nitrogen and oxygen atoms in total. The predicted octanol–water partition coefficient (Wildman–Crippen LogP) is 3.25. The van der Waals surface area contributed by atoms with Crippen LogP contribution in [0.25, 0.3) is 0 Å². The molecule has 0 amide bonds. The minimum Gasteiger partial charge on any atom is -0.300 e. The lowest BCUT2D eigenvalue weighted by Gasteiger charge is -2.29. The molecule has 1 heterocycles. The molecule has 15 heavy (non-hydrogen) atoms. The Balaban J connectivity index is 1.83. The average Bonchev–Trinajstić information content (AvgIpc) is 2.64. The largest absolute Gasteiger partial charge is 0.300 e. The Morgan fingerprint density at radius 3 is 2.40 bits per heavy atom. The van der Waals surface area contributed by atoms with Crippen molar-refractivity contribution in [2.24, 2.45) is 10.8 Å². The number of rotatable bonds is 3. The summed E-state index contributed by atoms with van der Waals surface area (Å²) in [6, 6.07) is 0. The second kappa shape index (κ2) is 3.73. The van der Waals surface area contributed by atoms with Gasteiger partial charge in [0.05, 0.1) is 0 Å². The Labute approximate surface area is 93.0 Å². The van der Waals surface area contributed by atoms with Gasteiger partial charge in [-0.3, -0.25) is 4.90 Å². The molecule has 0 aromatic rings. The molecule has 1 aliphatic carbocycles. The smallest absolute Gasteiger partial charge is 0.114 e. The molecule has 1 aliphatic heterocycles. The van der Waals surface area contributed by atoms with Gasteiger partial charge in [-0.1, -0.05) is 20.8 Å². The molecule has 0 spiro atoms. The summed E-state index contributed by atoms with van der Waals surface area (Å²) in [4.78, 5) is 2.34. The molecule has 0 N–H and O–H groups in total. The van der Waals surface area contributed by atoms with Gasteiger partial charge in [0, 0.05) is 19.6 Å². The SMILES string of the molecule is CC(C)(C)CC1(CN2CCC(F)C2)CC1. The van der Waals surface area contributed by atoms with Crippen molar-refractivity contribution >= 4 is 0 Å². The fraction of sp³-hybridized carbons (Fsp3) is 1.00. The lowest BCUT2D eigenvalue weighted by Crippen LogP contribution is -2.31. The van der Waals surface area contributed by atoms with Crippen molar-refractivity contribution in [2.45, 2.75) is 52.6 Å². The predicted molar refractivity (Wildman–Crippen MR) is 61.7 cm³/mol. The average molecular weight is 213 g/mol. The highest BCUT2D eigenvalue weighted by Crippen LogP contribution is 2.53. The van der Waals surface area contributed by atoms with Gasteiger partial charge in [0.2, 0.25) is 0 Å². The van der Waals surface area contributed by atoms with E-state index in [-0.39, 0.29) is 0 Å².